The van der Waals surface area contributed by atoms with Crippen LogP contribution >= 0.6 is 0 Å². The standard InChI is InChI=1S/C11H10F3N3/c1-17(2)7-9(6-15)8-3-4-16-10(5-8)11(12,13)14/h3-5,7H,1-2H3/b9-7-. The molecule has 0 amide bonds. The lowest BCUT2D eigenvalue weighted by Crippen LogP contribution is -2.08. The number of halogens is 3. The Morgan fingerprint density at radius 2 is 2.12 bits per heavy atom. The quantitative estimate of drug-likeness (QED) is 0.747. The molecule has 1 aromatic rings. The van der Waals surface area contributed by atoms with Crippen LogP contribution in [0.25, 0.3) is 5.57 Å². The molecule has 0 aliphatic rings. The highest BCUT2D eigenvalue weighted by Gasteiger charge is 2.32. The third kappa shape index (κ3) is 3.48. The lowest BCUT2D eigenvalue weighted by atomic mass is 10.1. The van der Waals surface area contributed by atoms with Gasteiger partial charge in [0.15, 0.2) is 0 Å². The van der Waals surface area contributed by atoms with Gasteiger partial charge in [-0.15, -0.1) is 0 Å². The van der Waals surface area contributed by atoms with E-state index in [1.807, 2.05) is 6.07 Å². The number of pyridine rings is 1. The molecular weight excluding hydrogens is 231 g/mol. The van der Waals surface area contributed by atoms with E-state index in [0.29, 0.717) is 0 Å². The lowest BCUT2D eigenvalue weighted by molar-refractivity contribution is -0.141. The van der Waals surface area contributed by atoms with Crippen LogP contribution in [0, 0.1) is 11.3 Å². The van der Waals surface area contributed by atoms with Gasteiger partial charge in [0.2, 0.25) is 0 Å². The van der Waals surface area contributed by atoms with Crippen molar-refractivity contribution in [1.82, 2.24) is 9.88 Å². The summed E-state index contributed by atoms with van der Waals surface area (Å²) in [5.41, 5.74) is -0.652. The van der Waals surface area contributed by atoms with E-state index >= 15 is 0 Å². The van der Waals surface area contributed by atoms with Gasteiger partial charge in [0, 0.05) is 26.5 Å². The average molecular weight is 241 g/mol. The smallest absolute Gasteiger partial charge is 0.382 e. The van der Waals surface area contributed by atoms with Crippen LogP contribution in [0.4, 0.5) is 13.2 Å². The van der Waals surface area contributed by atoms with E-state index in [1.165, 1.54) is 12.3 Å². The van der Waals surface area contributed by atoms with Gasteiger partial charge >= 0.3 is 6.18 Å². The maximum atomic E-state index is 12.4. The molecule has 0 radical (unpaired) electrons. The number of rotatable bonds is 2. The molecule has 0 unspecified atom stereocenters. The Balaban J connectivity index is 3.20. The minimum atomic E-state index is -4.51. The van der Waals surface area contributed by atoms with E-state index in [9.17, 15) is 13.2 Å². The molecule has 0 atom stereocenters. The first-order chi connectivity index (χ1) is 7.84. The number of nitriles is 1. The van der Waals surface area contributed by atoms with Crippen LogP contribution in [0.1, 0.15) is 11.3 Å². The van der Waals surface area contributed by atoms with Crippen molar-refractivity contribution in [3.63, 3.8) is 0 Å². The average Bonchev–Trinajstić information content (AvgIpc) is 2.24. The van der Waals surface area contributed by atoms with Gasteiger partial charge in [-0.1, -0.05) is 0 Å². The molecule has 1 aromatic heterocycles. The maximum Gasteiger partial charge on any atom is 0.433 e. The zero-order valence-corrected chi connectivity index (χ0v) is 9.28. The summed E-state index contributed by atoms with van der Waals surface area (Å²) < 4.78 is 37.3. The van der Waals surface area contributed by atoms with Gasteiger partial charge in [0.05, 0.1) is 5.57 Å². The summed E-state index contributed by atoms with van der Waals surface area (Å²) in [5, 5.41) is 8.88. The zero-order chi connectivity index (χ0) is 13.1. The molecule has 0 saturated heterocycles. The largest absolute Gasteiger partial charge is 0.433 e. The molecular formula is C11H10F3N3. The molecule has 6 heteroatoms. The molecule has 1 heterocycles. The van der Waals surface area contributed by atoms with E-state index in [1.54, 1.807) is 19.0 Å². The summed E-state index contributed by atoms with van der Waals surface area (Å²) >= 11 is 0. The first-order valence-electron chi connectivity index (χ1n) is 4.66. The Morgan fingerprint density at radius 1 is 1.47 bits per heavy atom. The fraction of sp³-hybridized carbons (Fsp3) is 0.273. The van der Waals surface area contributed by atoms with Crippen LogP contribution in [-0.2, 0) is 6.18 Å². The van der Waals surface area contributed by atoms with Crippen molar-refractivity contribution in [2.45, 2.75) is 6.18 Å². The van der Waals surface area contributed by atoms with Crippen molar-refractivity contribution in [2.24, 2.45) is 0 Å². The monoisotopic (exact) mass is 241 g/mol. The summed E-state index contributed by atoms with van der Waals surface area (Å²) in [4.78, 5) is 4.82. The number of aromatic nitrogens is 1. The molecule has 0 N–H and O–H groups in total. The van der Waals surface area contributed by atoms with Crippen molar-refractivity contribution in [2.75, 3.05) is 14.1 Å². The second-order valence-electron chi connectivity index (χ2n) is 3.55. The van der Waals surface area contributed by atoms with Gasteiger partial charge < -0.3 is 4.90 Å². The molecule has 3 nitrogen and oxygen atoms in total. The lowest BCUT2D eigenvalue weighted by Gasteiger charge is -2.09. The summed E-state index contributed by atoms with van der Waals surface area (Å²) in [7, 11) is 3.37. The van der Waals surface area contributed by atoms with Crippen LogP contribution in [0.5, 0.6) is 0 Å². The maximum absolute atomic E-state index is 12.4. The summed E-state index contributed by atoms with van der Waals surface area (Å²) in [6, 6.07) is 4.08. The second kappa shape index (κ2) is 4.87. The number of alkyl halides is 3. The van der Waals surface area contributed by atoms with Gasteiger partial charge in [-0.05, 0) is 17.7 Å². The predicted molar refractivity (Wildman–Crippen MR) is 56.5 cm³/mol. The van der Waals surface area contributed by atoms with Crippen LogP contribution in [0.15, 0.2) is 24.5 Å². The summed E-state index contributed by atoms with van der Waals surface area (Å²) in [6.45, 7) is 0. The Kier molecular flexibility index (Phi) is 3.73. The minimum absolute atomic E-state index is 0.155. The highest BCUT2D eigenvalue weighted by molar-refractivity contribution is 5.76. The van der Waals surface area contributed by atoms with Crippen molar-refractivity contribution < 1.29 is 13.2 Å². The molecule has 0 bridgehead atoms. The third-order valence-corrected chi connectivity index (χ3v) is 1.87. The van der Waals surface area contributed by atoms with Crippen LogP contribution < -0.4 is 0 Å². The number of hydrogen-bond donors (Lipinski definition) is 0. The Labute approximate surface area is 96.8 Å². The molecule has 90 valence electrons. The topological polar surface area (TPSA) is 39.9 Å². The fourth-order valence-corrected chi connectivity index (χ4v) is 1.18. The molecule has 0 spiro atoms. The van der Waals surface area contributed by atoms with Crippen molar-refractivity contribution >= 4 is 5.57 Å². The van der Waals surface area contributed by atoms with Crippen molar-refractivity contribution in [3.8, 4) is 6.07 Å². The molecule has 17 heavy (non-hydrogen) atoms. The van der Waals surface area contributed by atoms with E-state index in [2.05, 4.69) is 4.98 Å². The third-order valence-electron chi connectivity index (χ3n) is 1.87. The van der Waals surface area contributed by atoms with Crippen LogP contribution in [0.3, 0.4) is 0 Å². The molecule has 0 aliphatic heterocycles. The fourth-order valence-electron chi connectivity index (χ4n) is 1.18. The Bertz CT molecular complexity index is 470. The molecule has 1 rings (SSSR count). The number of allylic oxidation sites excluding steroid dienone is 1. The normalized spacial score (nSPS) is 12.1. The number of hydrogen-bond acceptors (Lipinski definition) is 3. The summed E-state index contributed by atoms with van der Waals surface area (Å²) in [5.74, 6) is 0. The van der Waals surface area contributed by atoms with Gasteiger partial charge in [-0.2, -0.15) is 18.4 Å². The molecule has 0 aromatic carbocycles. The first-order valence-corrected chi connectivity index (χ1v) is 4.66. The Morgan fingerprint density at radius 3 is 2.59 bits per heavy atom. The van der Waals surface area contributed by atoms with Crippen LogP contribution in [-0.4, -0.2) is 24.0 Å². The van der Waals surface area contributed by atoms with Crippen molar-refractivity contribution in [1.29, 1.82) is 5.26 Å². The molecule has 0 saturated carbocycles. The zero-order valence-electron chi connectivity index (χ0n) is 9.28. The van der Waals surface area contributed by atoms with E-state index in [4.69, 9.17) is 5.26 Å². The highest BCUT2D eigenvalue weighted by atomic mass is 19.4. The summed E-state index contributed by atoms with van der Waals surface area (Å²) in [6.07, 6.45) is -2.01. The SMILES string of the molecule is CN(C)/C=C(/C#N)c1ccnc(C(F)(F)F)c1. The van der Waals surface area contributed by atoms with Gasteiger partial charge in [-0.25, -0.2) is 0 Å². The van der Waals surface area contributed by atoms with E-state index in [-0.39, 0.29) is 11.1 Å². The minimum Gasteiger partial charge on any atom is -0.382 e. The predicted octanol–water partition coefficient (Wildman–Crippen LogP) is 2.53. The van der Waals surface area contributed by atoms with Gasteiger partial charge in [-0.3, -0.25) is 4.98 Å². The van der Waals surface area contributed by atoms with Crippen LogP contribution in [0.2, 0.25) is 0 Å². The second-order valence-corrected chi connectivity index (χ2v) is 3.55. The van der Waals surface area contributed by atoms with Gasteiger partial charge in [0.1, 0.15) is 11.8 Å². The highest BCUT2D eigenvalue weighted by Crippen LogP contribution is 2.29. The van der Waals surface area contributed by atoms with Gasteiger partial charge in [0.25, 0.3) is 0 Å². The molecule has 0 fully saturated rings. The Hall–Kier alpha value is -2.03. The number of nitrogens with zero attached hydrogens (tertiary/aromatic N) is 3. The van der Waals surface area contributed by atoms with E-state index < -0.39 is 11.9 Å². The van der Waals surface area contributed by atoms with Crippen molar-refractivity contribution in [3.05, 3.63) is 35.8 Å². The first kappa shape index (κ1) is 13.0. The molecule has 0 aliphatic carbocycles. The van der Waals surface area contributed by atoms with E-state index in [0.717, 1.165) is 12.3 Å².